The summed E-state index contributed by atoms with van der Waals surface area (Å²) in [5.41, 5.74) is 2.62. The van der Waals surface area contributed by atoms with Crippen LogP contribution in [-0.2, 0) is 6.54 Å². The molecule has 1 aromatic rings. The van der Waals surface area contributed by atoms with Crippen molar-refractivity contribution in [1.82, 2.24) is 5.32 Å². The van der Waals surface area contributed by atoms with E-state index in [9.17, 15) is 0 Å². The number of nitrogens with one attached hydrogen (secondary N) is 1. The molecule has 1 aromatic carbocycles. The molecule has 0 amide bonds. The molecule has 114 valence electrons. The fraction of sp³-hybridized carbons (Fsp3) is 0.684. The summed E-state index contributed by atoms with van der Waals surface area (Å²) in [6.07, 6.45) is 8.48. The van der Waals surface area contributed by atoms with Crippen molar-refractivity contribution < 1.29 is 4.74 Å². The van der Waals surface area contributed by atoms with Gasteiger partial charge in [0.15, 0.2) is 0 Å². The zero-order valence-corrected chi connectivity index (χ0v) is 13.1. The lowest BCUT2D eigenvalue weighted by Gasteiger charge is -2.23. The van der Waals surface area contributed by atoms with Crippen molar-refractivity contribution in [2.45, 2.75) is 58.0 Å². The van der Waals surface area contributed by atoms with Crippen molar-refractivity contribution in [2.24, 2.45) is 17.8 Å². The van der Waals surface area contributed by atoms with Crippen molar-refractivity contribution in [3.8, 4) is 5.75 Å². The predicted molar refractivity (Wildman–Crippen MR) is 85.5 cm³/mol. The van der Waals surface area contributed by atoms with Crippen molar-refractivity contribution in [1.29, 1.82) is 0 Å². The summed E-state index contributed by atoms with van der Waals surface area (Å²) in [6, 6.07) is 7.31. The van der Waals surface area contributed by atoms with Gasteiger partial charge in [-0.2, -0.15) is 0 Å². The summed E-state index contributed by atoms with van der Waals surface area (Å²) in [5, 5.41) is 3.62. The van der Waals surface area contributed by atoms with Crippen LogP contribution in [-0.4, -0.2) is 12.6 Å². The summed E-state index contributed by atoms with van der Waals surface area (Å²) in [5.74, 6) is 3.92. The maximum atomic E-state index is 6.32. The maximum absolute atomic E-state index is 6.32. The number of fused-ring (bicyclic) bond motifs is 2. The largest absolute Gasteiger partial charge is 0.493 e. The first-order chi connectivity index (χ1) is 10.3. The van der Waals surface area contributed by atoms with Gasteiger partial charge in [-0.3, -0.25) is 0 Å². The molecule has 4 rings (SSSR count). The van der Waals surface area contributed by atoms with Gasteiger partial charge in [0.05, 0.1) is 6.61 Å². The van der Waals surface area contributed by atoms with E-state index in [4.69, 9.17) is 4.74 Å². The first-order valence-corrected chi connectivity index (χ1v) is 8.74. The molecule has 0 radical (unpaired) electrons. The Hall–Kier alpha value is -1.02. The van der Waals surface area contributed by atoms with Crippen LogP contribution in [0.4, 0.5) is 0 Å². The highest BCUT2D eigenvalue weighted by Gasteiger charge is 2.39. The van der Waals surface area contributed by atoms with Gasteiger partial charge in [-0.1, -0.05) is 24.6 Å². The smallest absolute Gasteiger partial charge is 0.126 e. The van der Waals surface area contributed by atoms with Crippen LogP contribution in [0.25, 0.3) is 0 Å². The minimum absolute atomic E-state index is 0.754. The molecule has 3 aliphatic rings. The van der Waals surface area contributed by atoms with E-state index in [1.54, 1.807) is 0 Å². The molecule has 3 aliphatic carbocycles. The van der Waals surface area contributed by atoms with E-state index in [1.807, 2.05) is 0 Å². The minimum atomic E-state index is 0.754. The Kier molecular flexibility index (Phi) is 3.66. The zero-order chi connectivity index (χ0) is 14.2. The molecule has 21 heavy (non-hydrogen) atoms. The van der Waals surface area contributed by atoms with Gasteiger partial charge < -0.3 is 10.1 Å². The van der Waals surface area contributed by atoms with Crippen molar-refractivity contribution >= 4 is 0 Å². The molecule has 0 heterocycles. The number of para-hydroxylation sites is 1. The first-order valence-electron chi connectivity index (χ1n) is 8.74. The Balaban J connectivity index is 1.40. The average Bonchev–Trinajstić information content (AvgIpc) is 3.09. The molecule has 2 nitrogen and oxygen atoms in total. The fourth-order valence-corrected chi connectivity index (χ4v) is 4.37. The number of rotatable bonds is 6. The van der Waals surface area contributed by atoms with E-state index >= 15 is 0 Å². The molecule has 1 N–H and O–H groups in total. The van der Waals surface area contributed by atoms with Crippen molar-refractivity contribution in [2.75, 3.05) is 6.61 Å². The van der Waals surface area contributed by atoms with Gasteiger partial charge in [-0.05, 0) is 62.3 Å². The molecule has 3 saturated carbocycles. The molecule has 3 unspecified atom stereocenters. The number of hydrogen-bond acceptors (Lipinski definition) is 2. The molecular weight excluding hydrogens is 258 g/mol. The maximum Gasteiger partial charge on any atom is 0.126 e. The van der Waals surface area contributed by atoms with Crippen LogP contribution >= 0.6 is 0 Å². The van der Waals surface area contributed by atoms with Gasteiger partial charge in [-0.15, -0.1) is 0 Å². The van der Waals surface area contributed by atoms with Gasteiger partial charge >= 0.3 is 0 Å². The molecule has 0 aliphatic heterocycles. The molecule has 0 spiro atoms. The van der Waals surface area contributed by atoms with Crippen LogP contribution < -0.4 is 10.1 Å². The Morgan fingerprint density at radius 2 is 2.05 bits per heavy atom. The third-order valence-electron chi connectivity index (χ3n) is 5.78. The second-order valence-corrected chi connectivity index (χ2v) is 7.46. The predicted octanol–water partition coefficient (Wildman–Crippen LogP) is 4.06. The highest BCUT2D eigenvalue weighted by molar-refractivity contribution is 5.40. The van der Waals surface area contributed by atoms with E-state index < -0.39 is 0 Å². The molecule has 3 atom stereocenters. The summed E-state index contributed by atoms with van der Waals surface area (Å²) >= 11 is 0. The van der Waals surface area contributed by atoms with Gasteiger partial charge in [0.25, 0.3) is 0 Å². The highest BCUT2D eigenvalue weighted by atomic mass is 16.5. The van der Waals surface area contributed by atoms with Gasteiger partial charge in [-0.25, -0.2) is 0 Å². The zero-order valence-electron chi connectivity index (χ0n) is 13.1. The topological polar surface area (TPSA) is 21.3 Å². The Bertz CT molecular complexity index is 508. The third kappa shape index (κ3) is 2.96. The molecular formula is C19H27NO. The Labute approximate surface area is 128 Å². The van der Waals surface area contributed by atoms with E-state index in [0.717, 1.165) is 42.7 Å². The monoisotopic (exact) mass is 285 g/mol. The van der Waals surface area contributed by atoms with Crippen LogP contribution in [0.5, 0.6) is 5.75 Å². The number of hydrogen-bond donors (Lipinski definition) is 1. The Morgan fingerprint density at radius 3 is 2.76 bits per heavy atom. The van der Waals surface area contributed by atoms with E-state index in [0.29, 0.717) is 0 Å². The van der Waals surface area contributed by atoms with Crippen LogP contribution in [0.15, 0.2) is 18.2 Å². The quantitative estimate of drug-likeness (QED) is 0.851. The van der Waals surface area contributed by atoms with E-state index in [1.165, 1.54) is 49.7 Å². The lowest BCUT2D eigenvalue weighted by molar-refractivity contribution is 0.193. The average molecular weight is 285 g/mol. The highest BCUT2D eigenvalue weighted by Crippen LogP contribution is 2.48. The fourth-order valence-electron chi connectivity index (χ4n) is 4.37. The summed E-state index contributed by atoms with van der Waals surface area (Å²) in [6.45, 7) is 4.07. The van der Waals surface area contributed by atoms with Gasteiger partial charge in [0.2, 0.25) is 0 Å². The van der Waals surface area contributed by atoms with Crippen LogP contribution in [0.1, 0.15) is 49.7 Å². The van der Waals surface area contributed by atoms with Crippen molar-refractivity contribution in [3.05, 3.63) is 29.3 Å². The lowest BCUT2D eigenvalue weighted by Crippen LogP contribution is -2.20. The second kappa shape index (κ2) is 5.64. The van der Waals surface area contributed by atoms with Gasteiger partial charge in [0, 0.05) is 18.2 Å². The SMILES string of the molecule is Cc1cccc(CNC2CC2)c1OCC1CC2CCC1C2. The minimum Gasteiger partial charge on any atom is -0.493 e. The molecule has 3 fully saturated rings. The molecule has 2 heteroatoms. The molecule has 2 bridgehead atoms. The molecule has 0 aromatic heterocycles. The van der Waals surface area contributed by atoms with Gasteiger partial charge in [0.1, 0.15) is 5.75 Å². The van der Waals surface area contributed by atoms with E-state index in [2.05, 4.69) is 30.4 Å². The van der Waals surface area contributed by atoms with Crippen LogP contribution in [0.2, 0.25) is 0 Å². The number of aryl methyl sites for hydroxylation is 1. The summed E-state index contributed by atoms with van der Waals surface area (Å²) in [7, 11) is 0. The van der Waals surface area contributed by atoms with Crippen molar-refractivity contribution in [3.63, 3.8) is 0 Å². The second-order valence-electron chi connectivity index (χ2n) is 7.46. The summed E-state index contributed by atoms with van der Waals surface area (Å²) < 4.78 is 6.32. The first kappa shape index (κ1) is 13.6. The standard InChI is InChI=1S/C19H27NO/c1-13-3-2-4-16(11-20-18-7-8-18)19(13)21-12-17-10-14-5-6-15(17)9-14/h2-4,14-15,17-18,20H,5-12H2,1H3. The normalized spacial score (nSPS) is 30.8. The Morgan fingerprint density at radius 1 is 1.14 bits per heavy atom. The number of benzene rings is 1. The molecule has 0 saturated heterocycles. The lowest BCUT2D eigenvalue weighted by atomic mass is 9.89. The van der Waals surface area contributed by atoms with Crippen LogP contribution in [0, 0.1) is 24.7 Å². The van der Waals surface area contributed by atoms with Crippen LogP contribution in [0.3, 0.4) is 0 Å². The summed E-state index contributed by atoms with van der Waals surface area (Å²) in [4.78, 5) is 0. The van der Waals surface area contributed by atoms with E-state index in [-0.39, 0.29) is 0 Å². The number of ether oxygens (including phenoxy) is 1. The third-order valence-corrected chi connectivity index (χ3v) is 5.78.